The van der Waals surface area contributed by atoms with Gasteiger partial charge in [-0.2, -0.15) is 0 Å². The fourth-order valence-corrected chi connectivity index (χ4v) is 2.20. The number of rotatable bonds is 4. The molecule has 0 amide bonds. The largest absolute Gasteiger partial charge is 0.495 e. The highest BCUT2D eigenvalue weighted by Crippen LogP contribution is 2.29. The van der Waals surface area contributed by atoms with Crippen molar-refractivity contribution in [1.82, 2.24) is 10.3 Å². The Hall–Kier alpha value is -1.58. The molecule has 1 aromatic carbocycles. The van der Waals surface area contributed by atoms with E-state index in [1.54, 1.807) is 13.3 Å². The standard InChI is InChI=1S/C14H15ClN2O/c1-16-14(11-4-3-7-17-9-11)10-5-6-13(18-2)12(15)8-10/h3-9,14,16H,1-2H3. The van der Waals surface area contributed by atoms with Gasteiger partial charge in [0.15, 0.2) is 0 Å². The number of ether oxygens (including phenoxy) is 1. The quantitative estimate of drug-likeness (QED) is 0.920. The molecule has 94 valence electrons. The van der Waals surface area contributed by atoms with Crippen LogP contribution in [0.25, 0.3) is 0 Å². The van der Waals surface area contributed by atoms with Gasteiger partial charge in [-0.05, 0) is 36.4 Å². The van der Waals surface area contributed by atoms with Crippen LogP contribution in [-0.4, -0.2) is 19.1 Å². The monoisotopic (exact) mass is 262 g/mol. The summed E-state index contributed by atoms with van der Waals surface area (Å²) >= 11 is 6.15. The molecule has 0 aliphatic rings. The van der Waals surface area contributed by atoms with E-state index in [2.05, 4.69) is 10.3 Å². The van der Waals surface area contributed by atoms with Crippen LogP contribution in [0, 0.1) is 0 Å². The molecule has 1 atom stereocenters. The molecule has 0 aliphatic carbocycles. The molecule has 0 radical (unpaired) electrons. The molecule has 1 N–H and O–H groups in total. The average Bonchev–Trinajstić information content (AvgIpc) is 2.41. The van der Waals surface area contributed by atoms with Crippen LogP contribution < -0.4 is 10.1 Å². The van der Waals surface area contributed by atoms with Crippen molar-refractivity contribution in [2.24, 2.45) is 0 Å². The zero-order chi connectivity index (χ0) is 13.0. The van der Waals surface area contributed by atoms with Gasteiger partial charge >= 0.3 is 0 Å². The number of pyridine rings is 1. The van der Waals surface area contributed by atoms with Gasteiger partial charge in [0.05, 0.1) is 18.2 Å². The van der Waals surface area contributed by atoms with Gasteiger partial charge in [0.1, 0.15) is 5.75 Å². The van der Waals surface area contributed by atoms with Crippen molar-refractivity contribution in [3.63, 3.8) is 0 Å². The molecule has 0 aliphatic heterocycles. The van der Waals surface area contributed by atoms with E-state index in [1.807, 2.05) is 43.6 Å². The molecule has 0 fully saturated rings. The van der Waals surface area contributed by atoms with Gasteiger partial charge in [-0.1, -0.05) is 23.7 Å². The lowest BCUT2D eigenvalue weighted by molar-refractivity contribution is 0.414. The van der Waals surface area contributed by atoms with Crippen molar-refractivity contribution >= 4 is 11.6 Å². The minimum Gasteiger partial charge on any atom is -0.495 e. The van der Waals surface area contributed by atoms with Crippen LogP contribution in [0.2, 0.25) is 5.02 Å². The molecular formula is C14H15ClN2O. The first kappa shape index (κ1) is 12.9. The Kier molecular flexibility index (Phi) is 4.18. The van der Waals surface area contributed by atoms with E-state index in [-0.39, 0.29) is 6.04 Å². The Morgan fingerprint density at radius 2 is 2.11 bits per heavy atom. The summed E-state index contributed by atoms with van der Waals surface area (Å²) in [5.74, 6) is 0.682. The second-order valence-corrected chi connectivity index (χ2v) is 4.31. The maximum atomic E-state index is 6.15. The van der Waals surface area contributed by atoms with E-state index in [9.17, 15) is 0 Å². The number of hydrogen-bond acceptors (Lipinski definition) is 3. The van der Waals surface area contributed by atoms with Crippen molar-refractivity contribution in [3.05, 3.63) is 58.9 Å². The number of nitrogens with one attached hydrogen (secondary N) is 1. The highest BCUT2D eigenvalue weighted by Gasteiger charge is 2.13. The van der Waals surface area contributed by atoms with E-state index in [4.69, 9.17) is 16.3 Å². The predicted octanol–water partition coefficient (Wildman–Crippen LogP) is 3.05. The summed E-state index contributed by atoms with van der Waals surface area (Å²) in [5.41, 5.74) is 2.18. The minimum atomic E-state index is 0.0714. The summed E-state index contributed by atoms with van der Waals surface area (Å²) in [5, 5.41) is 3.87. The Morgan fingerprint density at radius 1 is 1.28 bits per heavy atom. The maximum Gasteiger partial charge on any atom is 0.137 e. The molecule has 1 heterocycles. The molecule has 0 bridgehead atoms. The molecule has 1 unspecified atom stereocenters. The zero-order valence-electron chi connectivity index (χ0n) is 10.4. The summed E-state index contributed by atoms with van der Waals surface area (Å²) < 4.78 is 5.15. The molecule has 3 nitrogen and oxygen atoms in total. The summed E-state index contributed by atoms with van der Waals surface area (Å²) in [6, 6.07) is 9.81. The first-order chi connectivity index (χ1) is 8.76. The molecule has 4 heteroatoms. The summed E-state index contributed by atoms with van der Waals surface area (Å²) in [7, 11) is 3.52. The minimum absolute atomic E-state index is 0.0714. The zero-order valence-corrected chi connectivity index (χ0v) is 11.1. The summed E-state index contributed by atoms with van der Waals surface area (Å²) in [4.78, 5) is 4.14. The molecule has 1 aromatic heterocycles. The van der Waals surface area contributed by atoms with Gasteiger partial charge in [-0.15, -0.1) is 0 Å². The number of halogens is 1. The van der Waals surface area contributed by atoms with Crippen molar-refractivity contribution in [3.8, 4) is 5.75 Å². The van der Waals surface area contributed by atoms with Crippen LogP contribution in [-0.2, 0) is 0 Å². The van der Waals surface area contributed by atoms with E-state index in [1.165, 1.54) is 0 Å². The van der Waals surface area contributed by atoms with Gasteiger partial charge in [0.2, 0.25) is 0 Å². The number of methoxy groups -OCH3 is 1. The lowest BCUT2D eigenvalue weighted by Crippen LogP contribution is -2.17. The highest BCUT2D eigenvalue weighted by molar-refractivity contribution is 6.32. The van der Waals surface area contributed by atoms with Crippen LogP contribution in [0.4, 0.5) is 0 Å². The molecule has 2 rings (SSSR count). The van der Waals surface area contributed by atoms with Gasteiger partial charge < -0.3 is 10.1 Å². The summed E-state index contributed by atoms with van der Waals surface area (Å²) in [6.45, 7) is 0. The van der Waals surface area contributed by atoms with Crippen LogP contribution in [0.5, 0.6) is 5.75 Å². The van der Waals surface area contributed by atoms with Crippen molar-refractivity contribution in [2.75, 3.05) is 14.2 Å². The Morgan fingerprint density at radius 3 is 2.67 bits per heavy atom. The first-order valence-electron chi connectivity index (χ1n) is 5.67. The fraction of sp³-hybridized carbons (Fsp3) is 0.214. The normalized spacial score (nSPS) is 12.2. The molecule has 18 heavy (non-hydrogen) atoms. The summed E-state index contributed by atoms with van der Waals surface area (Å²) in [6.07, 6.45) is 3.61. The van der Waals surface area contributed by atoms with E-state index >= 15 is 0 Å². The Labute approximate surface area is 112 Å². The van der Waals surface area contributed by atoms with Crippen LogP contribution in [0.1, 0.15) is 17.2 Å². The fourth-order valence-electron chi connectivity index (χ4n) is 1.93. The second-order valence-electron chi connectivity index (χ2n) is 3.90. The molecule has 0 saturated carbocycles. The molecule has 0 spiro atoms. The maximum absolute atomic E-state index is 6.15. The number of nitrogens with zero attached hydrogens (tertiary/aromatic N) is 1. The third kappa shape index (κ3) is 2.63. The van der Waals surface area contributed by atoms with Gasteiger partial charge in [-0.3, -0.25) is 4.98 Å². The third-order valence-electron chi connectivity index (χ3n) is 2.82. The average molecular weight is 263 g/mol. The van der Waals surface area contributed by atoms with Gasteiger partial charge in [0, 0.05) is 12.4 Å². The van der Waals surface area contributed by atoms with Gasteiger partial charge in [0.25, 0.3) is 0 Å². The number of benzene rings is 1. The van der Waals surface area contributed by atoms with E-state index in [0.717, 1.165) is 11.1 Å². The Bertz CT molecular complexity index is 516. The molecule has 0 saturated heterocycles. The number of aromatic nitrogens is 1. The van der Waals surface area contributed by atoms with Crippen molar-refractivity contribution in [2.45, 2.75) is 6.04 Å². The number of hydrogen-bond donors (Lipinski definition) is 1. The molecule has 2 aromatic rings. The van der Waals surface area contributed by atoms with Crippen molar-refractivity contribution < 1.29 is 4.74 Å². The van der Waals surface area contributed by atoms with Crippen LogP contribution >= 0.6 is 11.6 Å². The van der Waals surface area contributed by atoms with Crippen molar-refractivity contribution in [1.29, 1.82) is 0 Å². The molecular weight excluding hydrogens is 248 g/mol. The third-order valence-corrected chi connectivity index (χ3v) is 3.11. The smallest absolute Gasteiger partial charge is 0.137 e. The highest BCUT2D eigenvalue weighted by atomic mass is 35.5. The second kappa shape index (κ2) is 5.85. The topological polar surface area (TPSA) is 34.2 Å². The van der Waals surface area contributed by atoms with E-state index < -0.39 is 0 Å². The van der Waals surface area contributed by atoms with Crippen LogP contribution in [0.3, 0.4) is 0 Å². The predicted molar refractivity (Wildman–Crippen MR) is 73.1 cm³/mol. The SMILES string of the molecule is CNC(c1cccnc1)c1ccc(OC)c(Cl)c1. The first-order valence-corrected chi connectivity index (χ1v) is 6.04. The van der Waals surface area contributed by atoms with Gasteiger partial charge in [-0.25, -0.2) is 0 Å². The lowest BCUT2D eigenvalue weighted by Gasteiger charge is -2.17. The van der Waals surface area contributed by atoms with E-state index in [0.29, 0.717) is 10.8 Å². The Balaban J connectivity index is 2.37. The lowest BCUT2D eigenvalue weighted by atomic mass is 10.0. The van der Waals surface area contributed by atoms with Crippen LogP contribution in [0.15, 0.2) is 42.7 Å².